The summed E-state index contributed by atoms with van der Waals surface area (Å²) in [5.74, 6) is -0.519. The van der Waals surface area contributed by atoms with Gasteiger partial charge in [0.2, 0.25) is 11.8 Å². The summed E-state index contributed by atoms with van der Waals surface area (Å²) in [5, 5.41) is 3.11. The molecule has 0 fully saturated rings. The summed E-state index contributed by atoms with van der Waals surface area (Å²) in [7, 11) is 0. The Hall–Kier alpha value is -3.47. The average molecular weight is 416 g/mol. The van der Waals surface area contributed by atoms with E-state index in [-0.39, 0.29) is 30.1 Å². The molecule has 0 radical (unpaired) electrons. The Balaban J connectivity index is 1.60. The first-order valence-electron chi connectivity index (χ1n) is 10.5. The Labute approximate surface area is 181 Å². The molecule has 2 atom stereocenters. The van der Waals surface area contributed by atoms with Crippen LogP contribution in [0.4, 0.5) is 4.39 Å². The van der Waals surface area contributed by atoms with E-state index >= 15 is 0 Å². The molecule has 1 aliphatic rings. The molecule has 5 heteroatoms. The monoisotopic (exact) mass is 416 g/mol. The summed E-state index contributed by atoms with van der Waals surface area (Å²) >= 11 is 0. The first kappa shape index (κ1) is 20.8. The predicted molar refractivity (Wildman–Crippen MR) is 118 cm³/mol. The molecule has 0 aromatic heterocycles. The molecular weight excluding hydrogens is 391 g/mol. The van der Waals surface area contributed by atoms with Crippen LogP contribution in [0.3, 0.4) is 0 Å². The highest BCUT2D eigenvalue weighted by molar-refractivity contribution is 5.80. The van der Waals surface area contributed by atoms with Gasteiger partial charge in [0.1, 0.15) is 5.82 Å². The Morgan fingerprint density at radius 1 is 0.968 bits per heavy atom. The summed E-state index contributed by atoms with van der Waals surface area (Å²) in [6.45, 7) is 2.15. The third-order valence-corrected chi connectivity index (χ3v) is 5.84. The standard InChI is InChI=1S/C26H25FN2O2/c1-18(30)29-16-15-19-7-5-6-10-23(19)24(29)17-25(31)28-26(20-8-3-2-4-9-20)21-11-13-22(27)14-12-21/h2-14,24,26H,15-17H2,1H3,(H,28,31). The van der Waals surface area contributed by atoms with Gasteiger partial charge in [0.15, 0.2) is 0 Å². The van der Waals surface area contributed by atoms with E-state index in [1.165, 1.54) is 17.7 Å². The van der Waals surface area contributed by atoms with E-state index in [9.17, 15) is 14.0 Å². The number of nitrogens with one attached hydrogen (secondary N) is 1. The summed E-state index contributed by atoms with van der Waals surface area (Å²) in [5.41, 5.74) is 3.91. The van der Waals surface area contributed by atoms with Crippen LogP contribution in [-0.2, 0) is 16.0 Å². The van der Waals surface area contributed by atoms with Gasteiger partial charge in [0, 0.05) is 13.5 Å². The van der Waals surface area contributed by atoms with Crippen molar-refractivity contribution in [2.45, 2.75) is 31.8 Å². The first-order valence-corrected chi connectivity index (χ1v) is 10.5. The van der Waals surface area contributed by atoms with Crippen molar-refractivity contribution in [1.82, 2.24) is 10.2 Å². The van der Waals surface area contributed by atoms with Gasteiger partial charge >= 0.3 is 0 Å². The van der Waals surface area contributed by atoms with Crippen molar-refractivity contribution in [2.24, 2.45) is 0 Å². The van der Waals surface area contributed by atoms with Gasteiger partial charge in [-0.15, -0.1) is 0 Å². The van der Waals surface area contributed by atoms with Crippen LogP contribution in [0.25, 0.3) is 0 Å². The fourth-order valence-electron chi connectivity index (χ4n) is 4.30. The van der Waals surface area contributed by atoms with Crippen LogP contribution in [0.15, 0.2) is 78.9 Å². The molecule has 1 heterocycles. The van der Waals surface area contributed by atoms with Crippen molar-refractivity contribution < 1.29 is 14.0 Å². The number of fused-ring (bicyclic) bond motifs is 1. The van der Waals surface area contributed by atoms with Crippen molar-refractivity contribution in [1.29, 1.82) is 0 Å². The average Bonchev–Trinajstić information content (AvgIpc) is 2.79. The summed E-state index contributed by atoms with van der Waals surface area (Å²) < 4.78 is 13.5. The van der Waals surface area contributed by atoms with E-state index in [2.05, 4.69) is 11.4 Å². The third kappa shape index (κ3) is 4.66. The van der Waals surface area contributed by atoms with Crippen molar-refractivity contribution in [2.75, 3.05) is 6.54 Å². The normalized spacial score (nSPS) is 16.3. The van der Waals surface area contributed by atoms with E-state index in [0.29, 0.717) is 6.54 Å². The van der Waals surface area contributed by atoms with Crippen LogP contribution in [0.5, 0.6) is 0 Å². The number of carbonyl (C=O) groups is 2. The van der Waals surface area contributed by atoms with E-state index in [0.717, 1.165) is 23.1 Å². The van der Waals surface area contributed by atoms with E-state index in [1.54, 1.807) is 24.0 Å². The molecule has 0 saturated heterocycles. The van der Waals surface area contributed by atoms with Crippen LogP contribution in [0, 0.1) is 5.82 Å². The highest BCUT2D eigenvalue weighted by Gasteiger charge is 2.31. The lowest BCUT2D eigenvalue weighted by atomic mass is 9.90. The number of benzene rings is 3. The lowest BCUT2D eigenvalue weighted by molar-refractivity contribution is -0.133. The molecule has 4 nitrogen and oxygen atoms in total. The lowest BCUT2D eigenvalue weighted by Gasteiger charge is -2.37. The van der Waals surface area contributed by atoms with Crippen LogP contribution < -0.4 is 5.32 Å². The van der Waals surface area contributed by atoms with Gasteiger partial charge in [-0.3, -0.25) is 9.59 Å². The first-order chi connectivity index (χ1) is 15.0. The van der Waals surface area contributed by atoms with Crippen molar-refractivity contribution in [3.8, 4) is 0 Å². The maximum Gasteiger partial charge on any atom is 0.223 e. The van der Waals surface area contributed by atoms with Gasteiger partial charge in [-0.1, -0.05) is 66.7 Å². The van der Waals surface area contributed by atoms with Gasteiger partial charge < -0.3 is 10.2 Å². The SMILES string of the molecule is CC(=O)N1CCc2ccccc2C1CC(=O)NC(c1ccccc1)c1ccc(F)cc1. The van der Waals surface area contributed by atoms with Gasteiger partial charge in [-0.2, -0.15) is 0 Å². The fourth-order valence-corrected chi connectivity index (χ4v) is 4.30. The molecule has 1 aliphatic heterocycles. The number of rotatable bonds is 5. The Kier molecular flexibility index (Phi) is 6.12. The second-order valence-electron chi connectivity index (χ2n) is 7.84. The highest BCUT2D eigenvalue weighted by Crippen LogP contribution is 2.33. The zero-order valence-corrected chi connectivity index (χ0v) is 17.4. The molecule has 0 aliphatic carbocycles. The molecule has 1 N–H and O–H groups in total. The molecule has 31 heavy (non-hydrogen) atoms. The van der Waals surface area contributed by atoms with Crippen LogP contribution >= 0.6 is 0 Å². The quantitative estimate of drug-likeness (QED) is 0.663. The minimum Gasteiger partial charge on any atom is -0.345 e. The predicted octanol–water partition coefficient (Wildman–Crippen LogP) is 4.57. The molecule has 0 bridgehead atoms. The molecule has 3 aromatic carbocycles. The lowest BCUT2D eigenvalue weighted by Crippen LogP contribution is -2.41. The molecule has 2 amide bonds. The molecule has 0 spiro atoms. The van der Waals surface area contributed by atoms with Gasteiger partial charge in [-0.25, -0.2) is 4.39 Å². The minimum absolute atomic E-state index is 0.0366. The van der Waals surface area contributed by atoms with Gasteiger partial charge in [0.25, 0.3) is 0 Å². The van der Waals surface area contributed by atoms with E-state index in [4.69, 9.17) is 0 Å². The van der Waals surface area contributed by atoms with Gasteiger partial charge in [0.05, 0.1) is 18.5 Å². The third-order valence-electron chi connectivity index (χ3n) is 5.84. The molecule has 158 valence electrons. The molecular formula is C26H25FN2O2. The van der Waals surface area contributed by atoms with Crippen LogP contribution in [0.2, 0.25) is 0 Å². The van der Waals surface area contributed by atoms with Crippen molar-refractivity contribution >= 4 is 11.8 Å². The number of halogens is 1. The molecule has 2 unspecified atom stereocenters. The minimum atomic E-state index is -0.404. The largest absolute Gasteiger partial charge is 0.345 e. The smallest absolute Gasteiger partial charge is 0.223 e. The zero-order valence-electron chi connectivity index (χ0n) is 17.4. The van der Waals surface area contributed by atoms with Crippen molar-refractivity contribution in [3.05, 3.63) is 107 Å². The maximum absolute atomic E-state index is 13.5. The number of hydrogen-bond donors (Lipinski definition) is 1. The number of carbonyl (C=O) groups excluding carboxylic acids is 2. The number of amides is 2. The van der Waals surface area contributed by atoms with Crippen molar-refractivity contribution in [3.63, 3.8) is 0 Å². The fraction of sp³-hybridized carbons (Fsp3) is 0.231. The molecule has 3 aromatic rings. The van der Waals surface area contributed by atoms with E-state index < -0.39 is 6.04 Å². The molecule has 4 rings (SSSR count). The summed E-state index contributed by atoms with van der Waals surface area (Å²) in [4.78, 5) is 27.2. The topological polar surface area (TPSA) is 49.4 Å². The highest BCUT2D eigenvalue weighted by atomic mass is 19.1. The number of hydrogen-bond acceptors (Lipinski definition) is 2. The summed E-state index contributed by atoms with van der Waals surface area (Å²) in [6.07, 6.45) is 0.956. The van der Waals surface area contributed by atoms with Gasteiger partial charge in [-0.05, 0) is 40.8 Å². The molecule has 0 saturated carbocycles. The Morgan fingerprint density at radius 2 is 1.61 bits per heavy atom. The van der Waals surface area contributed by atoms with E-state index in [1.807, 2.05) is 48.5 Å². The maximum atomic E-state index is 13.5. The Bertz CT molecular complexity index is 1070. The number of nitrogens with zero attached hydrogens (tertiary/aromatic N) is 1. The van der Waals surface area contributed by atoms with Crippen LogP contribution in [0.1, 0.15) is 47.7 Å². The Morgan fingerprint density at radius 3 is 2.32 bits per heavy atom. The zero-order chi connectivity index (χ0) is 21.8. The van der Waals surface area contributed by atoms with Crippen LogP contribution in [-0.4, -0.2) is 23.3 Å². The summed E-state index contributed by atoms with van der Waals surface area (Å²) in [6, 6.07) is 23.0. The second kappa shape index (κ2) is 9.13. The second-order valence-corrected chi connectivity index (χ2v) is 7.84.